The lowest BCUT2D eigenvalue weighted by molar-refractivity contribution is 0.0951. The summed E-state index contributed by atoms with van der Waals surface area (Å²) in [7, 11) is 0. The van der Waals surface area contributed by atoms with E-state index in [1.165, 1.54) is 23.1 Å². The minimum atomic E-state index is -0.318. The van der Waals surface area contributed by atoms with E-state index >= 15 is 0 Å². The van der Waals surface area contributed by atoms with Crippen molar-refractivity contribution in [3.8, 4) is 22.6 Å². The van der Waals surface area contributed by atoms with Gasteiger partial charge in [-0.2, -0.15) is 5.10 Å². The van der Waals surface area contributed by atoms with Gasteiger partial charge in [-0.15, -0.1) is 5.10 Å². The van der Waals surface area contributed by atoms with Gasteiger partial charge in [-0.05, 0) is 71.1 Å². The van der Waals surface area contributed by atoms with Crippen LogP contribution in [0.2, 0.25) is 0 Å². The van der Waals surface area contributed by atoms with Crippen molar-refractivity contribution in [1.29, 1.82) is 0 Å². The first-order valence-electron chi connectivity index (χ1n) is 10.2. The highest BCUT2D eigenvalue weighted by molar-refractivity contribution is 5.94. The van der Waals surface area contributed by atoms with E-state index in [1.807, 2.05) is 36.5 Å². The van der Waals surface area contributed by atoms with Gasteiger partial charge >= 0.3 is 0 Å². The zero-order valence-corrected chi connectivity index (χ0v) is 17.3. The molecule has 0 aliphatic carbocycles. The van der Waals surface area contributed by atoms with Crippen LogP contribution < -0.4 is 5.32 Å². The molecule has 33 heavy (non-hydrogen) atoms. The fourth-order valence-electron chi connectivity index (χ4n) is 3.43. The maximum atomic E-state index is 13.4. The second kappa shape index (κ2) is 8.83. The van der Waals surface area contributed by atoms with Gasteiger partial charge < -0.3 is 5.32 Å². The second-order valence-electron chi connectivity index (χ2n) is 7.27. The summed E-state index contributed by atoms with van der Waals surface area (Å²) in [5, 5.41) is 18.7. The first-order chi connectivity index (χ1) is 16.2. The summed E-state index contributed by atoms with van der Waals surface area (Å²) >= 11 is 0. The van der Waals surface area contributed by atoms with Crippen LogP contribution >= 0.6 is 0 Å². The molecule has 0 unspecified atom stereocenters. The Bertz CT molecular complexity index is 1360. The van der Waals surface area contributed by atoms with Gasteiger partial charge in [-0.3, -0.25) is 4.79 Å². The van der Waals surface area contributed by atoms with Crippen LogP contribution in [0.25, 0.3) is 22.6 Å². The molecule has 2 heterocycles. The number of rotatable bonds is 6. The lowest BCUT2D eigenvalue weighted by Crippen LogP contribution is -2.22. The third kappa shape index (κ3) is 4.38. The van der Waals surface area contributed by atoms with E-state index in [2.05, 4.69) is 20.8 Å². The number of tetrazole rings is 1. The average molecular weight is 439 g/mol. The van der Waals surface area contributed by atoms with Crippen LogP contribution in [0, 0.1) is 5.82 Å². The van der Waals surface area contributed by atoms with Crippen molar-refractivity contribution in [1.82, 2.24) is 35.3 Å². The van der Waals surface area contributed by atoms with E-state index < -0.39 is 0 Å². The highest BCUT2D eigenvalue weighted by Gasteiger charge is 2.14. The number of carbonyl (C=O) groups is 1. The molecule has 0 saturated carbocycles. The Kier molecular flexibility index (Phi) is 5.42. The minimum Gasteiger partial charge on any atom is -0.348 e. The molecule has 0 saturated heterocycles. The number of nitrogens with zero attached hydrogens (tertiary/aromatic N) is 6. The van der Waals surface area contributed by atoms with Gasteiger partial charge in [0.25, 0.3) is 5.91 Å². The van der Waals surface area contributed by atoms with E-state index in [0.29, 0.717) is 11.3 Å². The summed E-state index contributed by atoms with van der Waals surface area (Å²) in [6, 6.07) is 22.8. The summed E-state index contributed by atoms with van der Waals surface area (Å²) < 4.78 is 16.7. The van der Waals surface area contributed by atoms with Crippen molar-refractivity contribution in [3.05, 3.63) is 108 Å². The van der Waals surface area contributed by atoms with Crippen molar-refractivity contribution in [2.45, 2.75) is 6.54 Å². The molecule has 2 aromatic heterocycles. The van der Waals surface area contributed by atoms with Gasteiger partial charge in [0.2, 0.25) is 0 Å². The zero-order chi connectivity index (χ0) is 22.6. The zero-order valence-electron chi connectivity index (χ0n) is 17.3. The second-order valence-corrected chi connectivity index (χ2v) is 7.27. The number of benzene rings is 3. The third-order valence-electron chi connectivity index (χ3n) is 5.11. The standard InChI is InChI=1S/C24H18FN7O/c25-20-10-6-17(7-11-20)23-19(15-31(28-23)21-4-2-1-3-5-21)14-26-24(33)18-8-12-22(13-9-18)32-16-27-29-30-32/h1-13,15-16H,14H2,(H,26,33). The average Bonchev–Trinajstić information content (AvgIpc) is 3.54. The van der Waals surface area contributed by atoms with Gasteiger partial charge in [0, 0.05) is 29.4 Å². The largest absolute Gasteiger partial charge is 0.348 e. The molecule has 0 aliphatic rings. The molecule has 3 aromatic carbocycles. The maximum absolute atomic E-state index is 13.4. The predicted molar refractivity (Wildman–Crippen MR) is 119 cm³/mol. The van der Waals surface area contributed by atoms with Gasteiger partial charge in [-0.1, -0.05) is 18.2 Å². The molecule has 0 radical (unpaired) electrons. The Morgan fingerprint density at radius 2 is 1.61 bits per heavy atom. The molecular formula is C24H18FN7O. The molecule has 0 aliphatic heterocycles. The van der Waals surface area contributed by atoms with Crippen LogP contribution in [0.3, 0.4) is 0 Å². The van der Waals surface area contributed by atoms with Gasteiger partial charge in [0.1, 0.15) is 12.1 Å². The summed E-state index contributed by atoms with van der Waals surface area (Å²) in [6.45, 7) is 0.257. The Morgan fingerprint density at radius 3 is 2.30 bits per heavy atom. The SMILES string of the molecule is O=C(NCc1cn(-c2ccccc2)nc1-c1ccc(F)cc1)c1ccc(-n2cnnn2)cc1. The molecule has 0 bridgehead atoms. The lowest BCUT2D eigenvalue weighted by atomic mass is 10.1. The van der Waals surface area contributed by atoms with Crippen LogP contribution in [0.15, 0.2) is 91.4 Å². The topological polar surface area (TPSA) is 90.5 Å². The fraction of sp³-hybridized carbons (Fsp3) is 0.0417. The van der Waals surface area contributed by atoms with Crippen molar-refractivity contribution in [2.75, 3.05) is 0 Å². The first kappa shape index (κ1) is 20.3. The maximum Gasteiger partial charge on any atom is 0.251 e. The molecule has 0 fully saturated rings. The van der Waals surface area contributed by atoms with Gasteiger partial charge in [0.05, 0.1) is 17.1 Å². The highest BCUT2D eigenvalue weighted by atomic mass is 19.1. The third-order valence-corrected chi connectivity index (χ3v) is 5.11. The summed E-state index contributed by atoms with van der Waals surface area (Å²) in [4.78, 5) is 12.8. The molecule has 1 amide bonds. The van der Waals surface area contributed by atoms with Crippen LogP contribution in [-0.2, 0) is 6.54 Å². The van der Waals surface area contributed by atoms with Gasteiger partial charge in [0.15, 0.2) is 0 Å². The molecule has 8 nitrogen and oxygen atoms in total. The Balaban J connectivity index is 1.38. The van der Waals surface area contributed by atoms with E-state index in [0.717, 1.165) is 22.5 Å². The predicted octanol–water partition coefficient (Wildman–Crippen LogP) is 3.58. The van der Waals surface area contributed by atoms with Crippen molar-refractivity contribution >= 4 is 5.91 Å². The van der Waals surface area contributed by atoms with E-state index in [1.54, 1.807) is 41.1 Å². The van der Waals surface area contributed by atoms with Crippen LogP contribution in [0.5, 0.6) is 0 Å². The number of hydrogen-bond acceptors (Lipinski definition) is 5. The monoisotopic (exact) mass is 439 g/mol. The van der Waals surface area contributed by atoms with Crippen molar-refractivity contribution in [3.63, 3.8) is 0 Å². The molecule has 0 atom stereocenters. The highest BCUT2D eigenvalue weighted by Crippen LogP contribution is 2.24. The number of nitrogens with one attached hydrogen (secondary N) is 1. The Hall–Kier alpha value is -4.66. The molecule has 5 rings (SSSR count). The Labute approximate surface area is 188 Å². The normalized spacial score (nSPS) is 10.8. The number of para-hydroxylation sites is 1. The number of carbonyl (C=O) groups excluding carboxylic acids is 1. The molecule has 5 aromatic rings. The molecule has 162 valence electrons. The Morgan fingerprint density at radius 1 is 0.879 bits per heavy atom. The lowest BCUT2D eigenvalue weighted by Gasteiger charge is -2.07. The fourth-order valence-corrected chi connectivity index (χ4v) is 3.43. The van der Waals surface area contributed by atoms with Crippen LogP contribution in [-0.4, -0.2) is 35.9 Å². The molecular weight excluding hydrogens is 421 g/mol. The number of hydrogen-bond donors (Lipinski definition) is 1. The first-order valence-corrected chi connectivity index (χ1v) is 10.2. The summed E-state index contributed by atoms with van der Waals surface area (Å²) in [5.74, 6) is -0.544. The van der Waals surface area contributed by atoms with E-state index in [4.69, 9.17) is 5.10 Å². The number of amides is 1. The van der Waals surface area contributed by atoms with Crippen LogP contribution in [0.1, 0.15) is 15.9 Å². The van der Waals surface area contributed by atoms with E-state index in [9.17, 15) is 9.18 Å². The van der Waals surface area contributed by atoms with Crippen molar-refractivity contribution < 1.29 is 9.18 Å². The summed E-state index contributed by atoms with van der Waals surface area (Å²) in [6.07, 6.45) is 3.35. The summed E-state index contributed by atoms with van der Waals surface area (Å²) in [5.41, 5.74) is 4.39. The molecule has 1 N–H and O–H groups in total. The minimum absolute atomic E-state index is 0.226. The number of halogens is 1. The van der Waals surface area contributed by atoms with E-state index in [-0.39, 0.29) is 18.3 Å². The van der Waals surface area contributed by atoms with Crippen molar-refractivity contribution in [2.24, 2.45) is 0 Å². The van der Waals surface area contributed by atoms with Crippen LogP contribution in [0.4, 0.5) is 4.39 Å². The van der Waals surface area contributed by atoms with Gasteiger partial charge in [-0.25, -0.2) is 13.8 Å². The smallest absolute Gasteiger partial charge is 0.251 e. The quantitative estimate of drug-likeness (QED) is 0.437. The number of aromatic nitrogens is 6. The molecule has 9 heteroatoms. The molecule has 0 spiro atoms.